The molecule has 10 heteroatoms. The van der Waals surface area contributed by atoms with Gasteiger partial charge in [-0.1, -0.05) is 6.07 Å². The molecule has 0 saturated heterocycles. The van der Waals surface area contributed by atoms with E-state index < -0.39 is 27.6 Å². The van der Waals surface area contributed by atoms with Crippen molar-refractivity contribution >= 4 is 27.5 Å². The van der Waals surface area contributed by atoms with Crippen LogP contribution in [0.4, 0.5) is 14.9 Å². The number of rotatable bonds is 6. The minimum atomic E-state index is -4.08. The number of nitrogens with zero attached hydrogens (tertiary/aromatic N) is 2. The van der Waals surface area contributed by atoms with Gasteiger partial charge in [-0.25, -0.2) is 17.6 Å². The molecule has 2 N–H and O–H groups in total. The second-order valence-electron chi connectivity index (χ2n) is 7.07. The van der Waals surface area contributed by atoms with Crippen molar-refractivity contribution in [2.75, 3.05) is 19.4 Å². The average molecular weight is 456 g/mol. The van der Waals surface area contributed by atoms with Crippen molar-refractivity contribution in [1.29, 1.82) is 0 Å². The fraction of sp³-hybridized carbons (Fsp3) is 0.136. The number of carbonyl (C=O) groups is 2. The minimum absolute atomic E-state index is 0.0721. The monoisotopic (exact) mass is 456 g/mol. The van der Waals surface area contributed by atoms with Gasteiger partial charge in [-0.05, 0) is 54.1 Å². The van der Waals surface area contributed by atoms with Gasteiger partial charge in [0.2, 0.25) is 9.84 Å². The molecular formula is C22H21FN4O4S. The lowest BCUT2D eigenvalue weighted by atomic mass is 10.2. The largest absolute Gasteiger partial charge is 0.345 e. The van der Waals surface area contributed by atoms with Crippen LogP contribution in [0.1, 0.15) is 15.9 Å². The van der Waals surface area contributed by atoms with Gasteiger partial charge in [0.05, 0.1) is 9.79 Å². The second-order valence-corrected chi connectivity index (χ2v) is 9.02. The maximum absolute atomic E-state index is 14.0. The number of hydrogen-bond acceptors (Lipinski definition) is 5. The molecule has 3 rings (SSSR count). The standard InChI is InChI=1S/C22H21FN4O4S/c1-27(2)21(28)16-10-17(23)12-20(11-16)32(30,31)19-7-5-18(6-8-19)26-22(29)25-14-15-4-3-9-24-13-15/h3-13H,14H2,1-2H3,(H2,25,26,29). The molecule has 8 nitrogen and oxygen atoms in total. The smallest absolute Gasteiger partial charge is 0.319 e. The summed E-state index contributed by atoms with van der Waals surface area (Å²) in [5.41, 5.74) is 1.12. The van der Waals surface area contributed by atoms with E-state index in [4.69, 9.17) is 0 Å². The van der Waals surface area contributed by atoms with Gasteiger partial charge in [-0.3, -0.25) is 9.78 Å². The number of sulfone groups is 1. The predicted molar refractivity (Wildman–Crippen MR) is 116 cm³/mol. The molecule has 1 aromatic heterocycles. The van der Waals surface area contributed by atoms with Gasteiger partial charge in [-0.2, -0.15) is 0 Å². The van der Waals surface area contributed by atoms with Crippen molar-refractivity contribution < 1.29 is 22.4 Å². The quantitative estimate of drug-likeness (QED) is 0.593. The Morgan fingerprint density at radius 2 is 1.75 bits per heavy atom. The Morgan fingerprint density at radius 3 is 2.38 bits per heavy atom. The number of carbonyl (C=O) groups excluding carboxylic acids is 2. The number of aromatic nitrogens is 1. The topological polar surface area (TPSA) is 108 Å². The molecule has 166 valence electrons. The molecule has 0 unspecified atom stereocenters. The molecule has 0 spiro atoms. The molecule has 0 radical (unpaired) electrons. The molecule has 0 saturated carbocycles. The Bertz CT molecular complexity index is 1230. The molecule has 0 aliphatic rings. The zero-order valence-corrected chi connectivity index (χ0v) is 18.2. The summed E-state index contributed by atoms with van der Waals surface area (Å²) in [6.45, 7) is 0.277. The first-order chi connectivity index (χ1) is 15.2. The first kappa shape index (κ1) is 22.9. The van der Waals surface area contributed by atoms with E-state index in [0.717, 1.165) is 23.8 Å². The molecule has 0 bridgehead atoms. The Balaban J connectivity index is 1.73. The zero-order valence-electron chi connectivity index (χ0n) is 17.4. The fourth-order valence-electron chi connectivity index (χ4n) is 2.81. The van der Waals surface area contributed by atoms with E-state index in [9.17, 15) is 22.4 Å². The highest BCUT2D eigenvalue weighted by atomic mass is 32.2. The van der Waals surface area contributed by atoms with Crippen LogP contribution in [0.5, 0.6) is 0 Å². The second kappa shape index (κ2) is 9.56. The van der Waals surface area contributed by atoms with Crippen molar-refractivity contribution in [2.24, 2.45) is 0 Å². The van der Waals surface area contributed by atoms with Crippen LogP contribution in [0.3, 0.4) is 0 Å². The summed E-state index contributed by atoms with van der Waals surface area (Å²) in [7, 11) is -1.11. The third kappa shape index (κ3) is 5.46. The van der Waals surface area contributed by atoms with E-state index in [1.54, 1.807) is 18.5 Å². The number of pyridine rings is 1. The lowest BCUT2D eigenvalue weighted by molar-refractivity contribution is 0.0827. The molecular weight excluding hydrogens is 435 g/mol. The molecule has 3 amide bonds. The van der Waals surface area contributed by atoms with E-state index in [2.05, 4.69) is 15.6 Å². The summed E-state index contributed by atoms with van der Waals surface area (Å²) in [6.07, 6.45) is 3.26. The van der Waals surface area contributed by atoms with Gasteiger partial charge in [0.1, 0.15) is 5.82 Å². The molecule has 0 aliphatic heterocycles. The number of hydrogen-bond donors (Lipinski definition) is 2. The lowest BCUT2D eigenvalue weighted by Gasteiger charge is -2.12. The molecule has 3 aromatic rings. The molecule has 2 aromatic carbocycles. The first-order valence-electron chi connectivity index (χ1n) is 9.48. The number of urea groups is 1. The van der Waals surface area contributed by atoms with Gasteiger partial charge >= 0.3 is 6.03 Å². The Labute approximate surface area is 185 Å². The average Bonchev–Trinajstić information content (AvgIpc) is 2.77. The van der Waals surface area contributed by atoms with Crippen LogP contribution < -0.4 is 10.6 Å². The van der Waals surface area contributed by atoms with E-state index >= 15 is 0 Å². The van der Waals surface area contributed by atoms with Crippen molar-refractivity contribution in [3.63, 3.8) is 0 Å². The third-order valence-electron chi connectivity index (χ3n) is 4.43. The number of nitrogens with one attached hydrogen (secondary N) is 2. The van der Waals surface area contributed by atoms with Gasteiger partial charge in [0.15, 0.2) is 0 Å². The van der Waals surface area contributed by atoms with Crippen LogP contribution in [-0.2, 0) is 16.4 Å². The lowest BCUT2D eigenvalue weighted by Crippen LogP contribution is -2.28. The van der Waals surface area contributed by atoms with Gasteiger partial charge in [0.25, 0.3) is 5.91 Å². The van der Waals surface area contributed by atoms with E-state index in [1.807, 2.05) is 6.07 Å². The molecule has 32 heavy (non-hydrogen) atoms. The van der Waals surface area contributed by atoms with Crippen LogP contribution >= 0.6 is 0 Å². The summed E-state index contributed by atoms with van der Waals surface area (Å²) in [4.78, 5) is 28.9. The van der Waals surface area contributed by atoms with Crippen molar-refractivity contribution in [3.05, 3.63) is 83.9 Å². The number of halogens is 1. The maximum Gasteiger partial charge on any atom is 0.319 e. The van der Waals surface area contributed by atoms with E-state index in [-0.39, 0.29) is 21.9 Å². The fourth-order valence-corrected chi connectivity index (χ4v) is 4.13. The van der Waals surface area contributed by atoms with Crippen molar-refractivity contribution in [1.82, 2.24) is 15.2 Å². The predicted octanol–water partition coefficient (Wildman–Crippen LogP) is 3.08. The summed E-state index contributed by atoms with van der Waals surface area (Å²) in [5, 5.41) is 5.27. The summed E-state index contributed by atoms with van der Waals surface area (Å²) < 4.78 is 39.9. The highest BCUT2D eigenvalue weighted by molar-refractivity contribution is 7.91. The summed E-state index contributed by atoms with van der Waals surface area (Å²) >= 11 is 0. The molecule has 0 aliphatic carbocycles. The van der Waals surface area contributed by atoms with Crippen LogP contribution in [0.25, 0.3) is 0 Å². The Hall–Kier alpha value is -3.79. The van der Waals surface area contributed by atoms with Crippen molar-refractivity contribution in [2.45, 2.75) is 16.3 Å². The van der Waals surface area contributed by atoms with Crippen LogP contribution in [-0.4, -0.2) is 44.3 Å². The van der Waals surface area contributed by atoms with E-state index in [1.165, 1.54) is 43.3 Å². The zero-order chi connectivity index (χ0) is 23.3. The summed E-state index contributed by atoms with van der Waals surface area (Å²) in [6, 6.07) is 11.5. The normalized spacial score (nSPS) is 11.0. The highest BCUT2D eigenvalue weighted by Crippen LogP contribution is 2.24. The molecule has 1 heterocycles. The van der Waals surface area contributed by atoms with Gasteiger partial charge in [0, 0.05) is 44.3 Å². The van der Waals surface area contributed by atoms with Crippen LogP contribution in [0.15, 0.2) is 76.8 Å². The number of amides is 3. The third-order valence-corrected chi connectivity index (χ3v) is 6.18. The first-order valence-corrected chi connectivity index (χ1v) is 11.0. The molecule has 0 atom stereocenters. The maximum atomic E-state index is 14.0. The summed E-state index contributed by atoms with van der Waals surface area (Å²) in [5.74, 6) is -1.35. The molecule has 0 fully saturated rings. The van der Waals surface area contributed by atoms with E-state index in [0.29, 0.717) is 5.69 Å². The number of benzene rings is 2. The minimum Gasteiger partial charge on any atom is -0.345 e. The van der Waals surface area contributed by atoms with Gasteiger partial charge < -0.3 is 15.5 Å². The van der Waals surface area contributed by atoms with Crippen molar-refractivity contribution in [3.8, 4) is 0 Å². The van der Waals surface area contributed by atoms with Gasteiger partial charge in [-0.15, -0.1) is 0 Å². The van der Waals surface area contributed by atoms with Crippen LogP contribution in [0.2, 0.25) is 0 Å². The Kier molecular flexibility index (Phi) is 6.84. The number of anilines is 1. The van der Waals surface area contributed by atoms with Crippen LogP contribution in [0, 0.1) is 5.82 Å². The SMILES string of the molecule is CN(C)C(=O)c1cc(F)cc(S(=O)(=O)c2ccc(NC(=O)NCc3cccnc3)cc2)c1. The Morgan fingerprint density at radius 1 is 1.03 bits per heavy atom. The highest BCUT2D eigenvalue weighted by Gasteiger charge is 2.21.